The topological polar surface area (TPSA) is 70.1 Å². The molecule has 84 valence electrons. The fraction of sp³-hybridized carbons (Fsp3) is 0.273. The first-order chi connectivity index (χ1) is 7.54. The summed E-state index contributed by atoms with van der Waals surface area (Å²) in [5.74, 6) is 0.430. The number of nitrogens with two attached hydrogens (primary N) is 1. The minimum atomic E-state index is -0.442. The lowest BCUT2D eigenvalue weighted by Gasteiger charge is -2.04. The van der Waals surface area contributed by atoms with Crippen molar-refractivity contribution in [3.8, 4) is 0 Å². The number of benzene rings is 1. The third kappa shape index (κ3) is 1.41. The van der Waals surface area contributed by atoms with Crippen LogP contribution in [0.5, 0.6) is 0 Å². The highest BCUT2D eigenvalue weighted by Crippen LogP contribution is 2.22. The van der Waals surface area contributed by atoms with E-state index in [2.05, 4.69) is 9.72 Å². The molecule has 0 radical (unpaired) electrons. The van der Waals surface area contributed by atoms with E-state index < -0.39 is 5.97 Å². The van der Waals surface area contributed by atoms with Crippen molar-refractivity contribution < 1.29 is 9.53 Å². The maximum atomic E-state index is 11.4. The molecule has 2 N–H and O–H groups in total. The quantitative estimate of drug-likeness (QED) is 0.579. The van der Waals surface area contributed by atoms with Crippen LogP contribution in [-0.4, -0.2) is 22.6 Å². The fourth-order valence-electron chi connectivity index (χ4n) is 1.66. The summed E-state index contributed by atoms with van der Waals surface area (Å²) < 4.78 is 6.57. The number of hydrogen-bond acceptors (Lipinski definition) is 4. The lowest BCUT2D eigenvalue weighted by atomic mass is 10.1. The van der Waals surface area contributed by atoms with Crippen LogP contribution >= 0.6 is 0 Å². The van der Waals surface area contributed by atoms with Crippen LogP contribution in [0.15, 0.2) is 12.1 Å². The SMILES string of the molecule is COC(=O)c1cc2nc(C)n(C)c2cc1N. The second-order valence-electron chi connectivity index (χ2n) is 3.64. The molecule has 0 aliphatic heterocycles. The number of ether oxygens (including phenoxy) is 1. The predicted molar refractivity (Wildman–Crippen MR) is 61.2 cm³/mol. The molecule has 1 aromatic carbocycles. The van der Waals surface area contributed by atoms with Gasteiger partial charge in [-0.15, -0.1) is 0 Å². The van der Waals surface area contributed by atoms with Gasteiger partial charge in [-0.3, -0.25) is 0 Å². The Morgan fingerprint density at radius 1 is 1.50 bits per heavy atom. The summed E-state index contributed by atoms with van der Waals surface area (Å²) in [6.45, 7) is 1.90. The fourth-order valence-corrected chi connectivity index (χ4v) is 1.66. The summed E-state index contributed by atoms with van der Waals surface area (Å²) in [4.78, 5) is 15.8. The van der Waals surface area contributed by atoms with Crippen molar-refractivity contribution in [1.29, 1.82) is 0 Å². The van der Waals surface area contributed by atoms with Gasteiger partial charge in [0.25, 0.3) is 0 Å². The molecule has 0 saturated carbocycles. The molecule has 0 saturated heterocycles. The molecule has 2 rings (SSSR count). The van der Waals surface area contributed by atoms with E-state index in [0.29, 0.717) is 11.3 Å². The number of esters is 1. The Kier molecular flexibility index (Phi) is 2.30. The van der Waals surface area contributed by atoms with E-state index >= 15 is 0 Å². The van der Waals surface area contributed by atoms with Crippen molar-refractivity contribution in [3.05, 3.63) is 23.5 Å². The second-order valence-corrected chi connectivity index (χ2v) is 3.64. The monoisotopic (exact) mass is 219 g/mol. The third-order valence-corrected chi connectivity index (χ3v) is 2.68. The molecule has 0 aliphatic carbocycles. The van der Waals surface area contributed by atoms with Crippen LogP contribution in [0.1, 0.15) is 16.2 Å². The number of carbonyl (C=O) groups is 1. The van der Waals surface area contributed by atoms with Gasteiger partial charge in [0, 0.05) is 12.7 Å². The maximum Gasteiger partial charge on any atom is 0.340 e. The molecule has 1 aromatic heterocycles. The Bertz CT molecular complexity index is 572. The molecule has 0 unspecified atom stereocenters. The number of aryl methyl sites for hydroxylation is 2. The van der Waals surface area contributed by atoms with Crippen molar-refractivity contribution in [2.24, 2.45) is 7.05 Å². The van der Waals surface area contributed by atoms with Crippen molar-refractivity contribution in [2.45, 2.75) is 6.92 Å². The number of imidazole rings is 1. The lowest BCUT2D eigenvalue weighted by Crippen LogP contribution is -2.05. The van der Waals surface area contributed by atoms with E-state index in [1.807, 2.05) is 18.5 Å². The molecule has 5 nitrogen and oxygen atoms in total. The molecule has 0 amide bonds. The van der Waals surface area contributed by atoms with Crippen molar-refractivity contribution in [3.63, 3.8) is 0 Å². The highest BCUT2D eigenvalue weighted by Gasteiger charge is 2.14. The second kappa shape index (κ2) is 3.52. The molecule has 1 heterocycles. The Labute approximate surface area is 92.8 Å². The zero-order valence-electron chi connectivity index (χ0n) is 9.44. The molecule has 5 heteroatoms. The summed E-state index contributed by atoms with van der Waals surface area (Å²) >= 11 is 0. The van der Waals surface area contributed by atoms with Crippen LogP contribution in [0.3, 0.4) is 0 Å². The lowest BCUT2D eigenvalue weighted by molar-refractivity contribution is 0.0602. The number of fused-ring (bicyclic) bond motifs is 1. The minimum Gasteiger partial charge on any atom is -0.465 e. The summed E-state index contributed by atoms with van der Waals surface area (Å²) in [6.07, 6.45) is 0. The van der Waals surface area contributed by atoms with E-state index in [-0.39, 0.29) is 0 Å². The number of aromatic nitrogens is 2. The number of nitrogens with zero attached hydrogens (tertiary/aromatic N) is 2. The van der Waals surface area contributed by atoms with Crippen molar-refractivity contribution in [2.75, 3.05) is 12.8 Å². The Morgan fingerprint density at radius 3 is 2.81 bits per heavy atom. The molecular weight excluding hydrogens is 206 g/mol. The Hall–Kier alpha value is -2.04. The van der Waals surface area contributed by atoms with Crippen LogP contribution < -0.4 is 5.73 Å². The smallest absolute Gasteiger partial charge is 0.340 e. The van der Waals surface area contributed by atoms with Gasteiger partial charge < -0.3 is 15.0 Å². The number of anilines is 1. The van der Waals surface area contributed by atoms with Gasteiger partial charge in [-0.1, -0.05) is 0 Å². The molecule has 0 fully saturated rings. The number of carbonyl (C=O) groups excluding carboxylic acids is 1. The van der Waals surface area contributed by atoms with Gasteiger partial charge in [0.1, 0.15) is 5.82 Å². The van der Waals surface area contributed by atoms with E-state index in [1.165, 1.54) is 7.11 Å². The number of nitrogen functional groups attached to an aromatic ring is 1. The van der Waals surface area contributed by atoms with Gasteiger partial charge in [-0.05, 0) is 19.1 Å². The highest BCUT2D eigenvalue weighted by molar-refractivity contribution is 5.99. The zero-order valence-corrected chi connectivity index (χ0v) is 9.44. The molecule has 2 aromatic rings. The molecule has 0 aliphatic rings. The summed E-state index contributed by atoms with van der Waals surface area (Å²) in [7, 11) is 3.23. The van der Waals surface area contributed by atoms with Gasteiger partial charge in [0.05, 0.1) is 23.7 Å². The van der Waals surface area contributed by atoms with Crippen LogP contribution in [0.2, 0.25) is 0 Å². The molecule has 0 atom stereocenters. The van der Waals surface area contributed by atoms with E-state index in [4.69, 9.17) is 5.73 Å². The number of hydrogen-bond donors (Lipinski definition) is 1. The number of methoxy groups -OCH3 is 1. The van der Waals surface area contributed by atoms with Crippen LogP contribution in [0.4, 0.5) is 5.69 Å². The van der Waals surface area contributed by atoms with E-state index in [0.717, 1.165) is 16.9 Å². The van der Waals surface area contributed by atoms with Crippen molar-refractivity contribution in [1.82, 2.24) is 9.55 Å². The first-order valence-electron chi connectivity index (χ1n) is 4.85. The van der Waals surface area contributed by atoms with Crippen LogP contribution in [0, 0.1) is 6.92 Å². The summed E-state index contributed by atoms with van der Waals surface area (Å²) in [5.41, 5.74) is 8.21. The Balaban J connectivity index is 2.72. The molecule has 0 bridgehead atoms. The van der Waals surface area contributed by atoms with Gasteiger partial charge in [0.2, 0.25) is 0 Å². The zero-order chi connectivity index (χ0) is 11.9. The van der Waals surface area contributed by atoms with E-state index in [1.54, 1.807) is 12.1 Å². The molecule has 16 heavy (non-hydrogen) atoms. The third-order valence-electron chi connectivity index (χ3n) is 2.68. The average Bonchev–Trinajstić information content (AvgIpc) is 2.53. The van der Waals surface area contributed by atoms with Gasteiger partial charge in [-0.2, -0.15) is 0 Å². The van der Waals surface area contributed by atoms with Gasteiger partial charge >= 0.3 is 5.97 Å². The maximum absolute atomic E-state index is 11.4. The summed E-state index contributed by atoms with van der Waals surface area (Å²) in [6, 6.07) is 3.39. The highest BCUT2D eigenvalue weighted by atomic mass is 16.5. The first kappa shape index (κ1) is 10.5. The first-order valence-corrected chi connectivity index (χ1v) is 4.85. The van der Waals surface area contributed by atoms with Crippen LogP contribution in [-0.2, 0) is 11.8 Å². The largest absolute Gasteiger partial charge is 0.465 e. The molecule has 0 spiro atoms. The standard InChI is InChI=1S/C11H13N3O2/c1-6-13-9-4-7(11(15)16-3)8(12)5-10(9)14(6)2/h4-5H,12H2,1-3H3. The van der Waals surface area contributed by atoms with Gasteiger partial charge in [-0.25, -0.2) is 9.78 Å². The van der Waals surface area contributed by atoms with Crippen LogP contribution in [0.25, 0.3) is 11.0 Å². The average molecular weight is 219 g/mol. The molecular formula is C11H13N3O2. The Morgan fingerprint density at radius 2 is 2.19 bits per heavy atom. The minimum absolute atomic E-state index is 0.355. The number of rotatable bonds is 1. The summed E-state index contributed by atoms with van der Waals surface area (Å²) in [5, 5.41) is 0. The normalized spacial score (nSPS) is 10.7. The van der Waals surface area contributed by atoms with Gasteiger partial charge in [0.15, 0.2) is 0 Å². The van der Waals surface area contributed by atoms with E-state index in [9.17, 15) is 4.79 Å². The van der Waals surface area contributed by atoms with Crippen molar-refractivity contribution >= 4 is 22.7 Å². The predicted octanol–water partition coefficient (Wildman–Crippen LogP) is 1.25.